The topological polar surface area (TPSA) is 58.4 Å². The van der Waals surface area contributed by atoms with Gasteiger partial charge in [-0.15, -0.1) is 12.4 Å². The van der Waals surface area contributed by atoms with Gasteiger partial charge in [-0.2, -0.15) is 0 Å². The number of hydrogen-bond donors (Lipinski definition) is 2. The Morgan fingerprint density at radius 2 is 1.89 bits per heavy atom. The van der Waals surface area contributed by atoms with Gasteiger partial charge in [0.05, 0.1) is 6.04 Å². The zero-order valence-corrected chi connectivity index (χ0v) is 12.6. The van der Waals surface area contributed by atoms with Crippen LogP contribution in [0.2, 0.25) is 0 Å². The fraction of sp³-hybridized carbons (Fsp3) is 0.923. The van der Waals surface area contributed by atoms with Gasteiger partial charge in [-0.05, 0) is 51.2 Å². The molecule has 1 fully saturated rings. The first-order valence-electron chi connectivity index (χ1n) is 6.76. The molecule has 1 rings (SSSR count). The smallest absolute Gasteiger partial charge is 0.237 e. The molecule has 0 spiro atoms. The number of rotatable bonds is 5. The van der Waals surface area contributed by atoms with Crippen molar-refractivity contribution < 1.29 is 4.79 Å². The van der Waals surface area contributed by atoms with Gasteiger partial charge in [0.15, 0.2) is 0 Å². The predicted molar refractivity (Wildman–Crippen MR) is 77.9 cm³/mol. The second-order valence-corrected chi connectivity index (χ2v) is 5.53. The van der Waals surface area contributed by atoms with Crippen molar-refractivity contribution >= 4 is 18.3 Å². The van der Waals surface area contributed by atoms with Crippen LogP contribution in [0.25, 0.3) is 0 Å². The maximum absolute atomic E-state index is 11.9. The fourth-order valence-electron chi connectivity index (χ4n) is 2.19. The molecule has 0 aromatic heterocycles. The van der Waals surface area contributed by atoms with Crippen molar-refractivity contribution in [2.24, 2.45) is 17.6 Å². The number of nitrogens with zero attached hydrogens (tertiary/aromatic N) is 1. The van der Waals surface area contributed by atoms with Crippen LogP contribution >= 0.6 is 12.4 Å². The van der Waals surface area contributed by atoms with Gasteiger partial charge in [0.2, 0.25) is 5.91 Å². The lowest BCUT2D eigenvalue weighted by molar-refractivity contribution is -0.126. The minimum absolute atomic E-state index is 0. The van der Waals surface area contributed by atoms with Crippen molar-refractivity contribution in [1.29, 1.82) is 0 Å². The Morgan fingerprint density at radius 3 is 2.33 bits per heavy atom. The minimum Gasteiger partial charge on any atom is -0.354 e. The van der Waals surface area contributed by atoms with E-state index < -0.39 is 0 Å². The van der Waals surface area contributed by atoms with Crippen LogP contribution in [-0.4, -0.2) is 43.0 Å². The molecule has 108 valence electrons. The Morgan fingerprint density at radius 1 is 1.33 bits per heavy atom. The highest BCUT2D eigenvalue weighted by Crippen LogP contribution is 2.17. The van der Waals surface area contributed by atoms with E-state index in [4.69, 9.17) is 5.73 Å². The lowest BCUT2D eigenvalue weighted by Crippen LogP contribution is -2.49. The maximum Gasteiger partial charge on any atom is 0.237 e. The van der Waals surface area contributed by atoms with Crippen molar-refractivity contribution in [3.05, 3.63) is 0 Å². The van der Waals surface area contributed by atoms with E-state index in [9.17, 15) is 4.79 Å². The summed E-state index contributed by atoms with van der Waals surface area (Å²) >= 11 is 0. The Labute approximate surface area is 117 Å². The molecule has 0 radical (unpaired) electrons. The van der Waals surface area contributed by atoms with E-state index in [1.807, 2.05) is 6.92 Å². The molecule has 3 N–H and O–H groups in total. The molecule has 0 aliphatic carbocycles. The van der Waals surface area contributed by atoms with E-state index in [1.54, 1.807) is 0 Å². The van der Waals surface area contributed by atoms with Crippen LogP contribution in [0.5, 0.6) is 0 Å². The molecule has 1 unspecified atom stereocenters. The third kappa shape index (κ3) is 5.55. The molecule has 0 saturated carbocycles. The van der Waals surface area contributed by atoms with Gasteiger partial charge in [0.1, 0.15) is 0 Å². The highest BCUT2D eigenvalue weighted by atomic mass is 35.5. The Balaban J connectivity index is 0.00000289. The van der Waals surface area contributed by atoms with Gasteiger partial charge in [-0.1, -0.05) is 13.8 Å². The summed E-state index contributed by atoms with van der Waals surface area (Å²) in [5.41, 5.74) is 5.67. The van der Waals surface area contributed by atoms with E-state index in [1.165, 1.54) is 0 Å². The van der Waals surface area contributed by atoms with Gasteiger partial charge in [-0.25, -0.2) is 0 Å². The highest BCUT2D eigenvalue weighted by Gasteiger charge is 2.25. The molecule has 1 aliphatic heterocycles. The molecule has 0 bridgehead atoms. The number of nitrogens with two attached hydrogens (primary N) is 1. The third-order valence-corrected chi connectivity index (χ3v) is 3.59. The fourth-order valence-corrected chi connectivity index (χ4v) is 2.19. The molecule has 1 saturated heterocycles. The zero-order valence-electron chi connectivity index (χ0n) is 11.8. The molecular formula is C13H28ClN3O. The van der Waals surface area contributed by atoms with Gasteiger partial charge in [-0.3, -0.25) is 9.69 Å². The van der Waals surface area contributed by atoms with Crippen molar-refractivity contribution in [3.63, 3.8) is 0 Å². The van der Waals surface area contributed by atoms with Crippen molar-refractivity contribution in [3.8, 4) is 0 Å². The van der Waals surface area contributed by atoms with Crippen LogP contribution in [0.3, 0.4) is 0 Å². The monoisotopic (exact) mass is 277 g/mol. The summed E-state index contributed by atoms with van der Waals surface area (Å²) in [5, 5.41) is 3.00. The number of halogens is 1. The van der Waals surface area contributed by atoms with Crippen molar-refractivity contribution in [2.45, 2.75) is 39.7 Å². The predicted octanol–water partition coefficient (Wildman–Crippen LogP) is 1.24. The first-order valence-corrected chi connectivity index (χ1v) is 6.76. The summed E-state index contributed by atoms with van der Waals surface area (Å²) in [5.74, 6) is 1.32. The number of carbonyl (C=O) groups is 1. The number of hydrogen-bond acceptors (Lipinski definition) is 3. The highest BCUT2D eigenvalue weighted by molar-refractivity contribution is 5.85. The Hall–Kier alpha value is -0.320. The number of likely N-dealkylation sites (tertiary alicyclic amines) is 1. The van der Waals surface area contributed by atoms with Crippen molar-refractivity contribution in [1.82, 2.24) is 10.2 Å². The average Bonchev–Trinajstić information content (AvgIpc) is 2.35. The second-order valence-electron chi connectivity index (χ2n) is 5.53. The third-order valence-electron chi connectivity index (χ3n) is 3.59. The Kier molecular flexibility index (Phi) is 8.57. The number of carbonyl (C=O) groups excluding carboxylic acids is 1. The van der Waals surface area contributed by atoms with E-state index in [-0.39, 0.29) is 24.4 Å². The molecule has 5 heteroatoms. The summed E-state index contributed by atoms with van der Waals surface area (Å²) in [7, 11) is 0. The molecule has 4 nitrogen and oxygen atoms in total. The molecule has 1 heterocycles. The van der Waals surface area contributed by atoms with Crippen LogP contribution < -0.4 is 11.1 Å². The molecule has 0 aromatic rings. The summed E-state index contributed by atoms with van der Waals surface area (Å²) in [4.78, 5) is 14.2. The standard InChI is InChI=1S/C13H27N3O.ClH/c1-10(2)9-15-13(17)11(3)16-6-4-12(8-14)5-7-16;/h10-12H,4-9,14H2,1-3H3,(H,15,17);1H. The lowest BCUT2D eigenvalue weighted by Gasteiger charge is -2.35. The summed E-state index contributed by atoms with van der Waals surface area (Å²) in [6.45, 7) is 9.76. The van der Waals surface area contributed by atoms with E-state index in [0.29, 0.717) is 11.8 Å². The first-order chi connectivity index (χ1) is 8.04. The van der Waals surface area contributed by atoms with Crippen LogP contribution in [0.1, 0.15) is 33.6 Å². The van der Waals surface area contributed by atoms with E-state index in [0.717, 1.165) is 39.0 Å². The zero-order chi connectivity index (χ0) is 12.8. The number of amides is 1. The first kappa shape index (κ1) is 17.7. The largest absolute Gasteiger partial charge is 0.354 e. The summed E-state index contributed by atoms with van der Waals surface area (Å²) in [6, 6.07) is -0.00697. The minimum atomic E-state index is -0.00697. The van der Waals surface area contributed by atoms with E-state index >= 15 is 0 Å². The average molecular weight is 278 g/mol. The molecule has 1 atom stereocenters. The van der Waals surface area contributed by atoms with Gasteiger partial charge >= 0.3 is 0 Å². The van der Waals surface area contributed by atoms with Gasteiger partial charge in [0.25, 0.3) is 0 Å². The summed E-state index contributed by atoms with van der Waals surface area (Å²) in [6.07, 6.45) is 2.25. The van der Waals surface area contributed by atoms with Gasteiger partial charge in [0, 0.05) is 6.54 Å². The number of piperidine rings is 1. The molecular weight excluding hydrogens is 250 g/mol. The van der Waals surface area contributed by atoms with Crippen LogP contribution in [0.4, 0.5) is 0 Å². The van der Waals surface area contributed by atoms with Crippen molar-refractivity contribution in [2.75, 3.05) is 26.2 Å². The maximum atomic E-state index is 11.9. The van der Waals surface area contributed by atoms with Crippen LogP contribution in [0.15, 0.2) is 0 Å². The van der Waals surface area contributed by atoms with Gasteiger partial charge < -0.3 is 11.1 Å². The summed E-state index contributed by atoms with van der Waals surface area (Å²) < 4.78 is 0. The van der Waals surface area contributed by atoms with E-state index in [2.05, 4.69) is 24.1 Å². The SMILES string of the molecule is CC(C)CNC(=O)C(C)N1CCC(CN)CC1.Cl. The molecule has 1 amide bonds. The molecule has 0 aromatic carbocycles. The second kappa shape index (κ2) is 8.73. The normalized spacial score (nSPS) is 19.4. The van der Waals surface area contributed by atoms with Crippen LogP contribution in [-0.2, 0) is 4.79 Å². The number of nitrogens with one attached hydrogen (secondary N) is 1. The molecule has 18 heavy (non-hydrogen) atoms. The van der Waals surface area contributed by atoms with Crippen LogP contribution in [0, 0.1) is 11.8 Å². The Bertz CT molecular complexity index is 240. The lowest BCUT2D eigenvalue weighted by atomic mass is 9.96. The quantitative estimate of drug-likeness (QED) is 0.795. The molecule has 1 aliphatic rings.